The number of hydrogen-bond donors (Lipinski definition) is 0. The van der Waals surface area contributed by atoms with Crippen LogP contribution >= 0.6 is 0 Å². The van der Waals surface area contributed by atoms with Crippen LogP contribution in [0.25, 0.3) is 16.6 Å². The van der Waals surface area contributed by atoms with Gasteiger partial charge in [0.1, 0.15) is 0 Å². The van der Waals surface area contributed by atoms with Gasteiger partial charge in [-0.25, -0.2) is 4.98 Å². The van der Waals surface area contributed by atoms with E-state index in [0.717, 1.165) is 28.1 Å². The summed E-state index contributed by atoms with van der Waals surface area (Å²) < 4.78 is 12.7. The van der Waals surface area contributed by atoms with Gasteiger partial charge >= 0.3 is 0 Å². The Balaban J connectivity index is 1.94. The van der Waals surface area contributed by atoms with Crippen LogP contribution in [0.3, 0.4) is 0 Å². The molecule has 4 heteroatoms. The molecule has 1 aliphatic rings. The molecular weight excluding hydrogens is 228 g/mol. The lowest BCUT2D eigenvalue weighted by atomic mass is 10.1. The summed E-state index contributed by atoms with van der Waals surface area (Å²) in [7, 11) is 0. The number of fused-ring (bicyclic) bond motifs is 2. The summed E-state index contributed by atoms with van der Waals surface area (Å²) in [5, 5.41) is 0. The minimum Gasteiger partial charge on any atom is -0.454 e. The predicted molar refractivity (Wildman–Crippen MR) is 66.8 cm³/mol. The molecule has 3 aromatic rings. The molecule has 0 unspecified atom stereocenters. The summed E-state index contributed by atoms with van der Waals surface area (Å²) in [5.74, 6) is 1.60. The van der Waals surface area contributed by atoms with Crippen LogP contribution in [0.2, 0.25) is 0 Å². The number of pyridine rings is 1. The summed E-state index contributed by atoms with van der Waals surface area (Å²) in [6, 6.07) is 10.1. The van der Waals surface area contributed by atoms with Crippen LogP contribution in [0.1, 0.15) is 0 Å². The van der Waals surface area contributed by atoms with Crippen molar-refractivity contribution in [3.05, 3.63) is 49.1 Å². The molecule has 0 spiro atoms. The van der Waals surface area contributed by atoms with E-state index in [2.05, 4.69) is 11.1 Å². The van der Waals surface area contributed by atoms with E-state index in [-0.39, 0.29) is 0 Å². The molecule has 0 fully saturated rings. The molecule has 4 nitrogen and oxygen atoms in total. The second-order valence-corrected chi connectivity index (χ2v) is 4.18. The van der Waals surface area contributed by atoms with Gasteiger partial charge in [0.25, 0.3) is 0 Å². The molecule has 4 rings (SSSR count). The molecule has 2 aromatic heterocycles. The first kappa shape index (κ1) is 9.53. The van der Waals surface area contributed by atoms with Gasteiger partial charge in [0.15, 0.2) is 11.5 Å². The van der Waals surface area contributed by atoms with Crippen LogP contribution < -0.4 is 9.47 Å². The zero-order valence-electron chi connectivity index (χ0n) is 9.54. The van der Waals surface area contributed by atoms with Crippen LogP contribution in [0.15, 0.2) is 49.1 Å². The first-order valence-electron chi connectivity index (χ1n) is 5.72. The number of rotatable bonds is 1. The van der Waals surface area contributed by atoms with Crippen LogP contribution in [0.4, 0.5) is 0 Å². The Hall–Kier alpha value is -2.49. The fraction of sp³-hybridized carbons (Fsp3) is 0.0714. The lowest BCUT2D eigenvalue weighted by molar-refractivity contribution is 0.174. The second kappa shape index (κ2) is 3.50. The van der Waals surface area contributed by atoms with Crippen LogP contribution in [0, 0.1) is 0 Å². The molecule has 0 saturated carbocycles. The molecule has 0 atom stereocenters. The highest BCUT2D eigenvalue weighted by Crippen LogP contribution is 2.36. The van der Waals surface area contributed by atoms with Crippen LogP contribution in [-0.2, 0) is 0 Å². The van der Waals surface area contributed by atoms with Gasteiger partial charge < -0.3 is 13.9 Å². The van der Waals surface area contributed by atoms with Crippen molar-refractivity contribution in [3.8, 4) is 22.6 Å². The van der Waals surface area contributed by atoms with Crippen LogP contribution in [0.5, 0.6) is 11.5 Å². The molecule has 0 bridgehead atoms. The monoisotopic (exact) mass is 238 g/mol. The van der Waals surface area contributed by atoms with E-state index in [9.17, 15) is 0 Å². The first-order chi connectivity index (χ1) is 8.92. The highest BCUT2D eigenvalue weighted by atomic mass is 16.7. The maximum atomic E-state index is 5.41. The Morgan fingerprint density at radius 1 is 1.11 bits per heavy atom. The molecule has 0 aliphatic carbocycles. The van der Waals surface area contributed by atoms with Gasteiger partial charge in [-0.15, -0.1) is 0 Å². The van der Waals surface area contributed by atoms with Crippen molar-refractivity contribution in [1.82, 2.24) is 9.38 Å². The Morgan fingerprint density at radius 2 is 2.06 bits per heavy atom. The van der Waals surface area contributed by atoms with E-state index < -0.39 is 0 Å². The molecule has 0 saturated heterocycles. The third-order valence-electron chi connectivity index (χ3n) is 3.14. The third-order valence-corrected chi connectivity index (χ3v) is 3.14. The van der Waals surface area contributed by atoms with E-state index in [4.69, 9.17) is 9.47 Å². The highest BCUT2D eigenvalue weighted by Gasteiger charge is 2.14. The van der Waals surface area contributed by atoms with Crippen molar-refractivity contribution in [3.63, 3.8) is 0 Å². The fourth-order valence-corrected chi connectivity index (χ4v) is 2.26. The Kier molecular flexibility index (Phi) is 1.85. The lowest BCUT2D eigenvalue weighted by Gasteiger charge is -2.05. The van der Waals surface area contributed by atoms with Gasteiger partial charge in [-0.3, -0.25) is 0 Å². The Morgan fingerprint density at radius 3 is 3.06 bits per heavy atom. The van der Waals surface area contributed by atoms with E-state index in [1.807, 2.05) is 41.1 Å². The minimum absolute atomic E-state index is 0.301. The van der Waals surface area contributed by atoms with Crippen molar-refractivity contribution in [2.75, 3.05) is 6.79 Å². The maximum absolute atomic E-state index is 5.41. The summed E-state index contributed by atoms with van der Waals surface area (Å²) in [5.41, 5.74) is 3.31. The summed E-state index contributed by atoms with van der Waals surface area (Å²) in [4.78, 5) is 4.17. The van der Waals surface area contributed by atoms with Crippen molar-refractivity contribution in [2.45, 2.75) is 0 Å². The second-order valence-electron chi connectivity index (χ2n) is 4.18. The Bertz CT molecular complexity index is 733. The topological polar surface area (TPSA) is 35.8 Å². The average Bonchev–Trinajstić information content (AvgIpc) is 3.05. The van der Waals surface area contributed by atoms with Gasteiger partial charge in [-0.2, -0.15) is 0 Å². The number of imidazole rings is 1. The summed E-state index contributed by atoms with van der Waals surface area (Å²) in [6.45, 7) is 0.301. The smallest absolute Gasteiger partial charge is 0.231 e. The lowest BCUT2D eigenvalue weighted by Crippen LogP contribution is -1.92. The molecule has 0 radical (unpaired) electrons. The number of nitrogens with zero attached hydrogens (tertiary/aromatic N) is 2. The third kappa shape index (κ3) is 1.29. The van der Waals surface area contributed by atoms with Gasteiger partial charge in [-0.05, 0) is 23.8 Å². The zero-order valence-corrected chi connectivity index (χ0v) is 9.54. The Labute approximate surface area is 103 Å². The standard InChI is InChI=1S/C14H10N2O2/c1-2-11(12-7-15-8-16(12)5-1)10-3-4-13-14(6-10)18-9-17-13/h1-8H,9H2. The van der Waals surface area contributed by atoms with Crippen molar-refractivity contribution >= 4 is 5.52 Å². The molecular formula is C14H10N2O2. The molecule has 0 N–H and O–H groups in total. The highest BCUT2D eigenvalue weighted by molar-refractivity contribution is 5.81. The fourth-order valence-electron chi connectivity index (χ4n) is 2.26. The summed E-state index contributed by atoms with van der Waals surface area (Å²) in [6.07, 6.45) is 5.64. The number of benzene rings is 1. The largest absolute Gasteiger partial charge is 0.454 e. The number of aromatic nitrogens is 2. The number of hydrogen-bond acceptors (Lipinski definition) is 3. The van der Waals surface area contributed by atoms with Crippen molar-refractivity contribution in [1.29, 1.82) is 0 Å². The first-order valence-corrected chi connectivity index (χ1v) is 5.72. The maximum Gasteiger partial charge on any atom is 0.231 e. The van der Waals surface area contributed by atoms with Crippen molar-refractivity contribution < 1.29 is 9.47 Å². The predicted octanol–water partition coefficient (Wildman–Crippen LogP) is 2.73. The van der Waals surface area contributed by atoms with E-state index in [1.54, 1.807) is 6.33 Å². The van der Waals surface area contributed by atoms with E-state index in [1.165, 1.54) is 0 Å². The zero-order chi connectivity index (χ0) is 11.9. The normalized spacial score (nSPS) is 13.1. The van der Waals surface area contributed by atoms with Gasteiger partial charge in [-0.1, -0.05) is 12.1 Å². The molecule has 3 heterocycles. The molecule has 88 valence electrons. The van der Waals surface area contributed by atoms with Gasteiger partial charge in [0.05, 0.1) is 18.0 Å². The van der Waals surface area contributed by atoms with Crippen LogP contribution in [-0.4, -0.2) is 16.2 Å². The van der Waals surface area contributed by atoms with E-state index in [0.29, 0.717) is 6.79 Å². The van der Waals surface area contributed by atoms with Gasteiger partial charge in [0, 0.05) is 11.8 Å². The molecule has 1 aromatic carbocycles. The molecule has 1 aliphatic heterocycles. The van der Waals surface area contributed by atoms with Gasteiger partial charge in [0.2, 0.25) is 6.79 Å². The molecule has 18 heavy (non-hydrogen) atoms. The average molecular weight is 238 g/mol. The number of ether oxygens (including phenoxy) is 2. The summed E-state index contributed by atoms with van der Waals surface area (Å²) >= 11 is 0. The van der Waals surface area contributed by atoms with E-state index >= 15 is 0 Å². The quantitative estimate of drug-likeness (QED) is 0.654. The SMILES string of the molecule is c1cc(-c2ccc3c(c2)OCO3)c2cncn2c1. The minimum atomic E-state index is 0.301. The van der Waals surface area contributed by atoms with Crippen molar-refractivity contribution in [2.24, 2.45) is 0 Å². The molecule has 0 amide bonds.